The molecule has 6 nitrogen and oxygen atoms in total. The average Bonchev–Trinajstić information content (AvgIpc) is 3.91. The van der Waals surface area contributed by atoms with Gasteiger partial charge >= 0.3 is 0 Å². The maximum atomic E-state index is 15.6. The van der Waals surface area contributed by atoms with E-state index in [0.29, 0.717) is 19.0 Å². The highest BCUT2D eigenvalue weighted by Gasteiger charge is 2.50. The van der Waals surface area contributed by atoms with Crippen LogP contribution in [-0.4, -0.2) is 40.4 Å². The molecule has 4 atom stereocenters. The predicted octanol–water partition coefficient (Wildman–Crippen LogP) is 8.32. The van der Waals surface area contributed by atoms with Crippen LogP contribution >= 0.6 is 0 Å². The fraction of sp³-hybridized carbons (Fsp3) is 0.727. The zero-order valence-corrected chi connectivity index (χ0v) is 25.1. The number of alkyl halides is 2. The number of rotatable bonds is 18. The fourth-order valence-electron chi connectivity index (χ4n) is 6.42. The summed E-state index contributed by atoms with van der Waals surface area (Å²) >= 11 is 0. The van der Waals surface area contributed by atoms with Crippen molar-refractivity contribution in [1.82, 2.24) is 15.0 Å². The van der Waals surface area contributed by atoms with Crippen LogP contribution in [0.1, 0.15) is 120 Å². The van der Waals surface area contributed by atoms with E-state index in [0.717, 1.165) is 43.9 Å². The largest absolute Gasteiger partial charge is 0.488 e. The second-order valence-electron chi connectivity index (χ2n) is 12.4. The summed E-state index contributed by atoms with van der Waals surface area (Å²) in [7, 11) is 0. The first-order chi connectivity index (χ1) is 20.4. The highest BCUT2D eigenvalue weighted by molar-refractivity contribution is 5.38. The predicted molar refractivity (Wildman–Crippen MR) is 155 cm³/mol. The monoisotopic (exact) mass is 589 g/mol. The third-order valence-corrected chi connectivity index (χ3v) is 9.19. The number of hydrogen-bond acceptors (Lipinski definition) is 6. The standard InChI is InChI=1S/C33H46F3N3O3/c1-3-5-6-9-12-27-28(42-27)21-41-25-19-37-32(38-20-25)26-16-15-24-18-29(39-31(34)30(24)33(26,35)36)40-17-10-7-8-11-22(4-2)23-13-14-23/h18-20,22-23,26-28H,3-17,21H2,1-2H3. The number of unbranched alkanes of at least 4 members (excludes halogenated alkanes) is 5. The molecule has 0 N–H and O–H groups in total. The van der Waals surface area contributed by atoms with Gasteiger partial charge in [0, 0.05) is 6.07 Å². The Kier molecular flexibility index (Phi) is 10.6. The summed E-state index contributed by atoms with van der Waals surface area (Å²) in [5.41, 5.74) is -0.431. The molecule has 0 amide bonds. The lowest BCUT2D eigenvalue weighted by atomic mass is 9.80. The highest BCUT2D eigenvalue weighted by atomic mass is 19.3. The molecule has 4 unspecified atom stereocenters. The Hall–Kier alpha value is -2.42. The first-order valence-corrected chi connectivity index (χ1v) is 16.2. The SMILES string of the molecule is CCCCCCC1OC1COc1cnc(C2CCc3cc(OCCCCCC(CC)C4CC4)nc(F)c3C2(F)F)nc1. The number of aromatic nitrogens is 3. The number of aryl methyl sites for hydroxylation is 1. The van der Waals surface area contributed by atoms with Crippen molar-refractivity contribution in [2.45, 2.75) is 128 Å². The van der Waals surface area contributed by atoms with Crippen LogP contribution in [0.5, 0.6) is 11.6 Å². The number of hydrogen-bond donors (Lipinski definition) is 0. The van der Waals surface area contributed by atoms with Gasteiger partial charge in [0.1, 0.15) is 18.5 Å². The molecule has 1 aliphatic heterocycles. The van der Waals surface area contributed by atoms with Crippen molar-refractivity contribution in [3.63, 3.8) is 0 Å². The molecule has 9 heteroatoms. The molecule has 0 bridgehead atoms. The molecule has 0 radical (unpaired) electrons. The molecule has 1 saturated heterocycles. The molecule has 232 valence electrons. The van der Waals surface area contributed by atoms with Crippen LogP contribution in [0, 0.1) is 17.8 Å². The van der Waals surface area contributed by atoms with Crippen molar-refractivity contribution in [3.8, 4) is 11.6 Å². The van der Waals surface area contributed by atoms with Gasteiger partial charge < -0.3 is 14.2 Å². The minimum Gasteiger partial charge on any atom is -0.488 e. The van der Waals surface area contributed by atoms with E-state index in [2.05, 4.69) is 28.8 Å². The normalized spacial score (nSPS) is 23.3. The summed E-state index contributed by atoms with van der Waals surface area (Å²) < 4.78 is 63.3. The Labute approximate surface area is 248 Å². The Morgan fingerprint density at radius 2 is 1.76 bits per heavy atom. The molecule has 1 saturated carbocycles. The van der Waals surface area contributed by atoms with Crippen LogP contribution < -0.4 is 9.47 Å². The van der Waals surface area contributed by atoms with Crippen molar-refractivity contribution in [3.05, 3.63) is 41.4 Å². The maximum Gasteiger partial charge on any atom is 0.287 e. The molecule has 0 spiro atoms. The second-order valence-corrected chi connectivity index (χ2v) is 12.4. The van der Waals surface area contributed by atoms with Crippen molar-refractivity contribution < 1.29 is 27.4 Å². The van der Waals surface area contributed by atoms with E-state index in [-0.39, 0.29) is 42.3 Å². The molecule has 5 rings (SSSR count). The summed E-state index contributed by atoms with van der Waals surface area (Å²) in [6.07, 6.45) is 17.6. The Morgan fingerprint density at radius 1 is 0.976 bits per heavy atom. The minimum absolute atomic E-state index is 0.0267. The average molecular weight is 590 g/mol. The van der Waals surface area contributed by atoms with E-state index in [4.69, 9.17) is 14.2 Å². The van der Waals surface area contributed by atoms with E-state index in [9.17, 15) is 0 Å². The van der Waals surface area contributed by atoms with Gasteiger partial charge in [-0.25, -0.2) is 18.7 Å². The lowest BCUT2D eigenvalue weighted by Crippen LogP contribution is -2.33. The third kappa shape index (κ3) is 7.94. The maximum absolute atomic E-state index is 15.6. The molecule has 3 heterocycles. The summed E-state index contributed by atoms with van der Waals surface area (Å²) in [5, 5.41) is 0. The van der Waals surface area contributed by atoms with E-state index < -0.39 is 23.4 Å². The summed E-state index contributed by atoms with van der Waals surface area (Å²) in [6, 6.07) is 1.47. The molecule has 0 aromatic carbocycles. The molecule has 2 aliphatic carbocycles. The first-order valence-electron chi connectivity index (χ1n) is 16.2. The van der Waals surface area contributed by atoms with Crippen LogP contribution in [-0.2, 0) is 17.1 Å². The van der Waals surface area contributed by atoms with Crippen molar-refractivity contribution in [2.75, 3.05) is 13.2 Å². The van der Waals surface area contributed by atoms with E-state index in [1.165, 1.54) is 63.4 Å². The second kappa shape index (κ2) is 14.4. The van der Waals surface area contributed by atoms with E-state index in [1.54, 1.807) is 0 Å². The van der Waals surface area contributed by atoms with Gasteiger partial charge in [0.25, 0.3) is 5.92 Å². The third-order valence-electron chi connectivity index (χ3n) is 9.19. The molecule has 2 aromatic heterocycles. The Morgan fingerprint density at radius 3 is 2.50 bits per heavy atom. The van der Waals surface area contributed by atoms with Crippen LogP contribution in [0.3, 0.4) is 0 Å². The van der Waals surface area contributed by atoms with Crippen LogP contribution in [0.4, 0.5) is 13.2 Å². The Bertz CT molecular complexity index is 1150. The summed E-state index contributed by atoms with van der Waals surface area (Å²) in [4.78, 5) is 12.1. The van der Waals surface area contributed by atoms with Crippen molar-refractivity contribution in [2.24, 2.45) is 11.8 Å². The lowest BCUT2D eigenvalue weighted by Gasteiger charge is -2.32. The van der Waals surface area contributed by atoms with Crippen molar-refractivity contribution >= 4 is 0 Å². The minimum atomic E-state index is -3.49. The number of nitrogens with zero attached hydrogens (tertiary/aromatic N) is 3. The molecular weight excluding hydrogens is 543 g/mol. The summed E-state index contributed by atoms with van der Waals surface area (Å²) in [6.45, 7) is 5.24. The van der Waals surface area contributed by atoms with Gasteiger partial charge in [0.05, 0.1) is 36.6 Å². The fourth-order valence-corrected chi connectivity index (χ4v) is 6.42. The molecule has 2 aromatic rings. The van der Waals surface area contributed by atoms with Crippen LogP contribution in [0.2, 0.25) is 0 Å². The zero-order chi connectivity index (χ0) is 29.5. The highest BCUT2D eigenvalue weighted by Crippen LogP contribution is 2.50. The van der Waals surface area contributed by atoms with Crippen LogP contribution in [0.15, 0.2) is 18.5 Å². The smallest absolute Gasteiger partial charge is 0.287 e. The van der Waals surface area contributed by atoms with E-state index in [1.807, 2.05) is 0 Å². The van der Waals surface area contributed by atoms with Gasteiger partial charge in [-0.2, -0.15) is 9.37 Å². The van der Waals surface area contributed by atoms with Gasteiger partial charge in [0.2, 0.25) is 11.8 Å². The van der Waals surface area contributed by atoms with Gasteiger partial charge in [-0.3, -0.25) is 0 Å². The van der Waals surface area contributed by atoms with Crippen LogP contribution in [0.25, 0.3) is 0 Å². The van der Waals surface area contributed by atoms with Gasteiger partial charge in [-0.05, 0) is 55.9 Å². The lowest BCUT2D eigenvalue weighted by molar-refractivity contribution is -0.0501. The first kappa shape index (κ1) is 31.0. The quantitative estimate of drug-likeness (QED) is 0.0989. The number of epoxide rings is 1. The van der Waals surface area contributed by atoms with Crippen molar-refractivity contribution in [1.29, 1.82) is 0 Å². The number of ether oxygens (including phenoxy) is 3. The molecular formula is C33H46F3N3O3. The molecule has 42 heavy (non-hydrogen) atoms. The number of pyridine rings is 1. The topological polar surface area (TPSA) is 69.7 Å². The van der Waals surface area contributed by atoms with Gasteiger partial charge in [0.15, 0.2) is 5.75 Å². The zero-order valence-electron chi connectivity index (χ0n) is 25.1. The van der Waals surface area contributed by atoms with Gasteiger partial charge in [-0.15, -0.1) is 0 Å². The number of fused-ring (bicyclic) bond motifs is 1. The Balaban J connectivity index is 1.09. The summed E-state index contributed by atoms with van der Waals surface area (Å²) in [5.74, 6) is -3.80. The molecule has 2 fully saturated rings. The molecule has 3 aliphatic rings. The van der Waals surface area contributed by atoms with E-state index >= 15 is 13.2 Å². The van der Waals surface area contributed by atoms with Gasteiger partial charge in [-0.1, -0.05) is 65.2 Å². The number of halogens is 3.